The summed E-state index contributed by atoms with van der Waals surface area (Å²) in [7, 11) is 0. The molecule has 1 aliphatic heterocycles. The van der Waals surface area contributed by atoms with E-state index in [2.05, 4.69) is 18.7 Å². The highest BCUT2D eigenvalue weighted by molar-refractivity contribution is 8.00. The fraction of sp³-hybridized carbons (Fsp3) is 0.950. The Bertz CT molecular complexity index is 295. The molecule has 0 aromatic carbocycles. The summed E-state index contributed by atoms with van der Waals surface area (Å²) in [5, 5.41) is 0.407. The smallest absolute Gasteiger partial charge is 0.223 e. The van der Waals surface area contributed by atoms with Crippen LogP contribution in [0, 0.1) is 0 Å². The molecule has 1 atom stereocenters. The average molecular weight is 342 g/mol. The van der Waals surface area contributed by atoms with Gasteiger partial charge < -0.3 is 4.90 Å². The summed E-state index contributed by atoms with van der Waals surface area (Å²) in [4.78, 5) is 14.1. The normalized spacial score (nSPS) is 17.8. The largest absolute Gasteiger partial charge is 0.330 e. The number of nitrogens with zero attached hydrogens (tertiary/aromatic N) is 1. The first-order valence-electron chi connectivity index (χ1n) is 10.2. The van der Waals surface area contributed by atoms with Gasteiger partial charge in [0.15, 0.2) is 0 Å². The molecule has 23 heavy (non-hydrogen) atoms. The van der Waals surface area contributed by atoms with Gasteiger partial charge in [-0.2, -0.15) is 0 Å². The van der Waals surface area contributed by atoms with Gasteiger partial charge in [-0.3, -0.25) is 4.79 Å². The van der Waals surface area contributed by atoms with Gasteiger partial charge in [-0.05, 0) is 13.3 Å². The van der Waals surface area contributed by atoms with Gasteiger partial charge in [-0.15, -0.1) is 11.8 Å². The van der Waals surface area contributed by atoms with E-state index in [0.29, 0.717) is 11.3 Å². The minimum absolute atomic E-state index is 0.380. The minimum Gasteiger partial charge on any atom is -0.330 e. The molecule has 0 N–H and O–H groups in total. The van der Waals surface area contributed by atoms with Gasteiger partial charge in [0.25, 0.3) is 0 Å². The van der Waals surface area contributed by atoms with Crippen LogP contribution in [0.2, 0.25) is 0 Å². The van der Waals surface area contributed by atoms with Gasteiger partial charge in [0.2, 0.25) is 5.91 Å². The summed E-state index contributed by atoms with van der Waals surface area (Å²) in [5.74, 6) is 1.50. The Morgan fingerprint density at radius 1 is 0.870 bits per heavy atom. The zero-order valence-electron chi connectivity index (χ0n) is 15.7. The van der Waals surface area contributed by atoms with Gasteiger partial charge in [-0.1, -0.05) is 84.0 Å². The Hall–Kier alpha value is -0.180. The van der Waals surface area contributed by atoms with Gasteiger partial charge >= 0.3 is 0 Å². The van der Waals surface area contributed by atoms with E-state index < -0.39 is 0 Å². The number of hydrogen-bond donors (Lipinski definition) is 0. The van der Waals surface area contributed by atoms with Crippen molar-refractivity contribution in [2.45, 2.75) is 109 Å². The Morgan fingerprint density at radius 3 is 1.78 bits per heavy atom. The van der Waals surface area contributed by atoms with Crippen molar-refractivity contribution in [1.82, 2.24) is 4.90 Å². The highest BCUT2D eigenvalue weighted by Crippen LogP contribution is 2.24. The molecule has 0 aliphatic carbocycles. The molecule has 0 bridgehead atoms. The van der Waals surface area contributed by atoms with Crippen molar-refractivity contribution in [2.75, 3.05) is 12.3 Å². The maximum Gasteiger partial charge on any atom is 0.223 e. The van der Waals surface area contributed by atoms with Crippen LogP contribution in [0.3, 0.4) is 0 Å². The van der Waals surface area contributed by atoms with Crippen LogP contribution in [-0.2, 0) is 4.79 Å². The maximum absolute atomic E-state index is 12.1. The number of carbonyl (C=O) groups excluding carboxylic acids is 1. The molecule has 0 radical (unpaired) electrons. The van der Waals surface area contributed by atoms with Crippen molar-refractivity contribution in [3.8, 4) is 0 Å². The Kier molecular flexibility index (Phi) is 12.9. The Morgan fingerprint density at radius 2 is 1.35 bits per heavy atom. The lowest BCUT2D eigenvalue weighted by molar-refractivity contribution is -0.131. The third-order valence-electron chi connectivity index (χ3n) is 4.94. The van der Waals surface area contributed by atoms with Crippen molar-refractivity contribution in [1.29, 1.82) is 0 Å². The second-order valence-electron chi connectivity index (χ2n) is 7.05. The highest BCUT2D eigenvalue weighted by atomic mass is 32.2. The number of rotatable bonds is 14. The third-order valence-corrected chi connectivity index (χ3v) is 6.10. The van der Waals surface area contributed by atoms with E-state index in [1.807, 2.05) is 11.8 Å². The molecule has 2 nitrogen and oxygen atoms in total. The number of thioether (sulfide) groups is 1. The molecule has 1 heterocycles. The lowest BCUT2D eigenvalue weighted by atomic mass is 10.0. The average Bonchev–Trinajstić information content (AvgIpc) is 2.98. The van der Waals surface area contributed by atoms with E-state index in [0.717, 1.165) is 25.1 Å². The van der Waals surface area contributed by atoms with E-state index in [1.54, 1.807) is 0 Å². The predicted molar refractivity (Wildman–Crippen MR) is 104 cm³/mol. The number of carbonyl (C=O) groups is 1. The molecule has 0 saturated carbocycles. The zero-order valence-corrected chi connectivity index (χ0v) is 16.5. The number of unbranched alkanes of at least 4 members (excludes halogenated alkanes) is 12. The lowest BCUT2D eigenvalue weighted by Gasteiger charge is -2.20. The van der Waals surface area contributed by atoms with Crippen LogP contribution in [0.5, 0.6) is 0 Å². The van der Waals surface area contributed by atoms with Crippen LogP contribution in [0.1, 0.15) is 104 Å². The fourth-order valence-electron chi connectivity index (χ4n) is 3.36. The molecule has 1 fully saturated rings. The van der Waals surface area contributed by atoms with E-state index in [9.17, 15) is 4.79 Å². The first-order valence-corrected chi connectivity index (χ1v) is 11.2. The van der Waals surface area contributed by atoms with E-state index in [4.69, 9.17) is 0 Å². The zero-order chi connectivity index (χ0) is 16.8. The molecule has 0 aromatic heterocycles. The van der Waals surface area contributed by atoms with Crippen molar-refractivity contribution in [2.24, 2.45) is 0 Å². The van der Waals surface area contributed by atoms with Crippen LogP contribution in [-0.4, -0.2) is 28.5 Å². The first kappa shape index (κ1) is 20.9. The third kappa shape index (κ3) is 10.3. The quantitative estimate of drug-likeness (QED) is 0.341. The van der Waals surface area contributed by atoms with Crippen LogP contribution in [0.4, 0.5) is 0 Å². The van der Waals surface area contributed by atoms with Crippen molar-refractivity contribution < 1.29 is 4.79 Å². The highest BCUT2D eigenvalue weighted by Gasteiger charge is 2.24. The van der Waals surface area contributed by atoms with Gasteiger partial charge in [0.1, 0.15) is 0 Å². The molecule has 1 unspecified atom stereocenters. The van der Waals surface area contributed by atoms with Crippen molar-refractivity contribution in [3.05, 3.63) is 0 Å². The number of hydrogen-bond acceptors (Lipinski definition) is 2. The van der Waals surface area contributed by atoms with Crippen molar-refractivity contribution in [3.63, 3.8) is 0 Å². The summed E-state index contributed by atoms with van der Waals surface area (Å²) >= 11 is 1.90. The molecular formula is C20H39NOS. The minimum atomic E-state index is 0.380. The van der Waals surface area contributed by atoms with E-state index in [1.165, 1.54) is 77.0 Å². The van der Waals surface area contributed by atoms with Gasteiger partial charge in [0, 0.05) is 18.7 Å². The van der Waals surface area contributed by atoms with E-state index >= 15 is 0 Å². The SMILES string of the molecule is CCCCCCCCCCCCCCCC(=O)N1CCSC1C. The molecule has 1 saturated heterocycles. The summed E-state index contributed by atoms with van der Waals surface area (Å²) in [6.07, 6.45) is 18.5. The predicted octanol–water partition coefficient (Wildman–Crippen LogP) is 6.39. The second kappa shape index (κ2) is 14.2. The molecular weight excluding hydrogens is 302 g/mol. The summed E-state index contributed by atoms with van der Waals surface area (Å²) < 4.78 is 0. The first-order chi connectivity index (χ1) is 11.3. The van der Waals surface area contributed by atoms with Crippen LogP contribution >= 0.6 is 11.8 Å². The topological polar surface area (TPSA) is 20.3 Å². The molecule has 0 aromatic rings. The fourth-order valence-corrected chi connectivity index (χ4v) is 4.40. The van der Waals surface area contributed by atoms with Gasteiger partial charge in [0.05, 0.1) is 5.37 Å². The molecule has 3 heteroatoms. The molecule has 1 amide bonds. The Balaban J connectivity index is 1.79. The Labute approximate surface area is 149 Å². The van der Waals surface area contributed by atoms with E-state index in [-0.39, 0.29) is 0 Å². The standard InChI is InChI=1S/C20H39NOS/c1-3-4-5-6-7-8-9-10-11-12-13-14-15-16-20(22)21-17-18-23-19(21)2/h19H,3-18H2,1-2H3. The molecule has 1 rings (SSSR count). The van der Waals surface area contributed by atoms with Crippen molar-refractivity contribution >= 4 is 17.7 Å². The monoisotopic (exact) mass is 341 g/mol. The summed E-state index contributed by atoms with van der Waals surface area (Å²) in [6, 6.07) is 0. The molecule has 1 aliphatic rings. The van der Waals surface area contributed by atoms with Crippen LogP contribution in [0.25, 0.3) is 0 Å². The molecule has 0 spiro atoms. The second-order valence-corrected chi connectivity index (χ2v) is 8.47. The lowest BCUT2D eigenvalue weighted by Crippen LogP contribution is -2.32. The van der Waals surface area contributed by atoms with Crippen LogP contribution in [0.15, 0.2) is 0 Å². The maximum atomic E-state index is 12.1. The van der Waals surface area contributed by atoms with Gasteiger partial charge in [-0.25, -0.2) is 0 Å². The summed E-state index contributed by atoms with van der Waals surface area (Å²) in [5.41, 5.74) is 0. The van der Waals surface area contributed by atoms with Crippen LogP contribution < -0.4 is 0 Å². The number of amides is 1. The summed E-state index contributed by atoms with van der Waals surface area (Å²) in [6.45, 7) is 5.39. The molecule has 136 valence electrons.